The molecule has 1 aliphatic heterocycles. The van der Waals surface area contributed by atoms with Gasteiger partial charge in [-0.05, 0) is 56.4 Å². The SMILES string of the molecule is CCC1CCC(C)N1S(=O)(=O)c1ccc(CN)c(C)c1. The van der Waals surface area contributed by atoms with Crippen LogP contribution >= 0.6 is 0 Å². The van der Waals surface area contributed by atoms with Crippen molar-refractivity contribution in [3.8, 4) is 0 Å². The van der Waals surface area contributed by atoms with Gasteiger partial charge < -0.3 is 5.73 Å². The maximum absolute atomic E-state index is 12.9. The molecule has 0 aliphatic carbocycles. The van der Waals surface area contributed by atoms with Crippen LogP contribution in [0, 0.1) is 6.92 Å². The molecule has 0 aromatic heterocycles. The topological polar surface area (TPSA) is 63.4 Å². The summed E-state index contributed by atoms with van der Waals surface area (Å²) >= 11 is 0. The van der Waals surface area contributed by atoms with Crippen molar-refractivity contribution >= 4 is 10.0 Å². The molecule has 4 nitrogen and oxygen atoms in total. The lowest BCUT2D eigenvalue weighted by Crippen LogP contribution is -2.39. The molecule has 5 heteroatoms. The maximum atomic E-state index is 12.9. The molecule has 1 heterocycles. The van der Waals surface area contributed by atoms with E-state index >= 15 is 0 Å². The van der Waals surface area contributed by atoms with Crippen molar-refractivity contribution in [2.45, 2.75) is 63.6 Å². The molecular weight excluding hydrogens is 272 g/mol. The standard InChI is InChI=1S/C15H24N2O2S/c1-4-14-7-5-12(3)17(14)20(18,19)15-8-6-13(10-16)11(2)9-15/h6,8-9,12,14H,4-5,7,10,16H2,1-3H3. The van der Waals surface area contributed by atoms with Crippen molar-refractivity contribution in [2.24, 2.45) is 5.73 Å². The van der Waals surface area contributed by atoms with Gasteiger partial charge in [0.25, 0.3) is 0 Å². The van der Waals surface area contributed by atoms with Crippen LogP contribution in [0.4, 0.5) is 0 Å². The van der Waals surface area contributed by atoms with E-state index in [0.29, 0.717) is 11.4 Å². The minimum absolute atomic E-state index is 0.0828. The highest BCUT2D eigenvalue weighted by Crippen LogP contribution is 2.32. The molecule has 2 unspecified atom stereocenters. The first-order chi connectivity index (χ1) is 9.41. The molecule has 2 rings (SSSR count). The third-order valence-electron chi connectivity index (χ3n) is 4.29. The van der Waals surface area contributed by atoms with Gasteiger partial charge in [-0.3, -0.25) is 0 Å². The van der Waals surface area contributed by atoms with E-state index in [4.69, 9.17) is 5.73 Å². The molecule has 20 heavy (non-hydrogen) atoms. The molecule has 2 N–H and O–H groups in total. The summed E-state index contributed by atoms with van der Waals surface area (Å²) in [4.78, 5) is 0.388. The quantitative estimate of drug-likeness (QED) is 0.928. The van der Waals surface area contributed by atoms with Crippen molar-refractivity contribution < 1.29 is 8.42 Å². The van der Waals surface area contributed by atoms with Crippen LogP contribution in [0.3, 0.4) is 0 Å². The Morgan fingerprint density at radius 3 is 2.60 bits per heavy atom. The minimum atomic E-state index is -3.40. The predicted molar refractivity (Wildman–Crippen MR) is 80.9 cm³/mol. The fraction of sp³-hybridized carbons (Fsp3) is 0.600. The van der Waals surface area contributed by atoms with Gasteiger partial charge >= 0.3 is 0 Å². The van der Waals surface area contributed by atoms with Crippen molar-refractivity contribution in [2.75, 3.05) is 0 Å². The van der Waals surface area contributed by atoms with E-state index < -0.39 is 10.0 Å². The molecule has 0 spiro atoms. The second kappa shape index (κ2) is 5.84. The van der Waals surface area contributed by atoms with Gasteiger partial charge in [0.1, 0.15) is 0 Å². The molecule has 1 saturated heterocycles. The molecule has 1 fully saturated rings. The third kappa shape index (κ3) is 2.62. The lowest BCUT2D eigenvalue weighted by atomic mass is 10.1. The van der Waals surface area contributed by atoms with Crippen molar-refractivity contribution in [1.82, 2.24) is 4.31 Å². The second-order valence-corrected chi connectivity index (χ2v) is 7.46. The molecule has 0 bridgehead atoms. The minimum Gasteiger partial charge on any atom is -0.326 e. The summed E-state index contributed by atoms with van der Waals surface area (Å²) in [6.45, 7) is 6.39. The Morgan fingerprint density at radius 1 is 1.35 bits per heavy atom. The largest absolute Gasteiger partial charge is 0.326 e. The Morgan fingerprint density at radius 2 is 2.05 bits per heavy atom. The second-order valence-electron chi connectivity index (χ2n) is 5.62. The lowest BCUT2D eigenvalue weighted by Gasteiger charge is -2.27. The zero-order valence-corrected chi connectivity index (χ0v) is 13.3. The highest BCUT2D eigenvalue weighted by Gasteiger charge is 2.39. The van der Waals surface area contributed by atoms with Crippen LogP contribution in [0.25, 0.3) is 0 Å². The monoisotopic (exact) mass is 296 g/mol. The summed E-state index contributed by atoms with van der Waals surface area (Å²) in [5.41, 5.74) is 7.57. The van der Waals surface area contributed by atoms with Gasteiger partial charge in [0.2, 0.25) is 10.0 Å². The Balaban J connectivity index is 2.42. The predicted octanol–water partition coefficient (Wildman–Crippen LogP) is 2.41. The average Bonchev–Trinajstić information content (AvgIpc) is 2.80. The number of rotatable bonds is 4. The van der Waals surface area contributed by atoms with E-state index in [1.807, 2.05) is 26.8 Å². The normalized spacial score (nSPS) is 24.2. The summed E-state index contributed by atoms with van der Waals surface area (Å²) in [5, 5.41) is 0. The smallest absolute Gasteiger partial charge is 0.243 e. The number of aryl methyl sites for hydroxylation is 1. The van der Waals surface area contributed by atoms with Gasteiger partial charge in [0.05, 0.1) is 4.90 Å². The van der Waals surface area contributed by atoms with Crippen LogP contribution in [0.1, 0.15) is 44.2 Å². The Kier molecular flexibility index (Phi) is 4.52. The molecular formula is C15H24N2O2S. The van der Waals surface area contributed by atoms with Gasteiger partial charge in [-0.15, -0.1) is 0 Å². The molecule has 0 saturated carbocycles. The Hall–Kier alpha value is -0.910. The maximum Gasteiger partial charge on any atom is 0.243 e. The van der Waals surface area contributed by atoms with Gasteiger partial charge in [0, 0.05) is 18.6 Å². The van der Waals surface area contributed by atoms with E-state index in [9.17, 15) is 8.42 Å². The first-order valence-corrected chi connectivity index (χ1v) is 8.69. The van der Waals surface area contributed by atoms with E-state index in [2.05, 4.69) is 0 Å². The van der Waals surface area contributed by atoms with E-state index in [-0.39, 0.29) is 12.1 Å². The summed E-state index contributed by atoms with van der Waals surface area (Å²) in [6.07, 6.45) is 2.76. The Bertz CT molecular complexity index is 584. The van der Waals surface area contributed by atoms with Crippen LogP contribution in [-0.2, 0) is 16.6 Å². The molecule has 1 aromatic carbocycles. The number of sulfonamides is 1. The Labute approximate surface area is 122 Å². The fourth-order valence-corrected chi connectivity index (χ4v) is 5.08. The van der Waals surface area contributed by atoms with E-state index in [0.717, 1.165) is 30.4 Å². The van der Waals surface area contributed by atoms with Gasteiger partial charge in [-0.2, -0.15) is 4.31 Å². The third-order valence-corrected chi connectivity index (χ3v) is 6.36. The van der Waals surface area contributed by atoms with E-state index in [1.165, 1.54) is 0 Å². The van der Waals surface area contributed by atoms with Crippen molar-refractivity contribution in [3.05, 3.63) is 29.3 Å². The van der Waals surface area contributed by atoms with Crippen LogP contribution in [0.5, 0.6) is 0 Å². The molecule has 112 valence electrons. The van der Waals surface area contributed by atoms with Crippen LogP contribution < -0.4 is 5.73 Å². The lowest BCUT2D eigenvalue weighted by molar-refractivity contribution is 0.328. The average molecular weight is 296 g/mol. The zero-order chi connectivity index (χ0) is 14.9. The van der Waals surface area contributed by atoms with Gasteiger partial charge in [0.15, 0.2) is 0 Å². The number of nitrogens with two attached hydrogens (primary N) is 1. The first kappa shape index (κ1) is 15.5. The highest BCUT2D eigenvalue weighted by atomic mass is 32.2. The molecule has 1 aliphatic rings. The van der Waals surface area contributed by atoms with Crippen LogP contribution in [0.15, 0.2) is 23.1 Å². The van der Waals surface area contributed by atoms with Gasteiger partial charge in [-0.25, -0.2) is 8.42 Å². The molecule has 2 atom stereocenters. The number of benzene rings is 1. The van der Waals surface area contributed by atoms with Crippen molar-refractivity contribution in [1.29, 1.82) is 0 Å². The van der Waals surface area contributed by atoms with E-state index in [1.54, 1.807) is 16.4 Å². The molecule has 1 aromatic rings. The number of nitrogens with zero attached hydrogens (tertiary/aromatic N) is 1. The zero-order valence-electron chi connectivity index (χ0n) is 12.5. The van der Waals surface area contributed by atoms with Crippen LogP contribution in [-0.4, -0.2) is 24.8 Å². The number of hydrogen-bond donors (Lipinski definition) is 1. The summed E-state index contributed by atoms with van der Waals surface area (Å²) in [7, 11) is -3.40. The van der Waals surface area contributed by atoms with Crippen molar-refractivity contribution in [3.63, 3.8) is 0 Å². The molecule has 0 amide bonds. The first-order valence-electron chi connectivity index (χ1n) is 7.25. The number of hydrogen-bond acceptors (Lipinski definition) is 3. The summed E-state index contributed by atoms with van der Waals surface area (Å²) in [6, 6.07) is 5.46. The highest BCUT2D eigenvalue weighted by molar-refractivity contribution is 7.89. The van der Waals surface area contributed by atoms with Gasteiger partial charge in [-0.1, -0.05) is 13.0 Å². The molecule has 0 radical (unpaired) electrons. The summed E-state index contributed by atoms with van der Waals surface area (Å²) in [5.74, 6) is 0. The van der Waals surface area contributed by atoms with Crippen LogP contribution in [0.2, 0.25) is 0 Å². The fourth-order valence-electron chi connectivity index (χ4n) is 3.04. The summed E-state index contributed by atoms with van der Waals surface area (Å²) < 4.78 is 27.4.